The molecular formula is C12H13NO5. The summed E-state index contributed by atoms with van der Waals surface area (Å²) in [6, 6.07) is 4.29. The van der Waals surface area contributed by atoms with Gasteiger partial charge in [0.25, 0.3) is 0 Å². The Morgan fingerprint density at radius 3 is 2.78 bits per heavy atom. The normalized spacial score (nSPS) is 14.7. The molecule has 1 aromatic carbocycles. The molecule has 1 aliphatic heterocycles. The predicted molar refractivity (Wildman–Crippen MR) is 61.8 cm³/mol. The number of amides is 1. The maximum Gasteiger partial charge on any atom is 0.326 e. The van der Waals surface area contributed by atoms with Gasteiger partial charge in [0.2, 0.25) is 6.41 Å². The van der Waals surface area contributed by atoms with E-state index in [2.05, 4.69) is 5.32 Å². The van der Waals surface area contributed by atoms with Crippen molar-refractivity contribution in [1.82, 2.24) is 5.32 Å². The maximum absolute atomic E-state index is 10.9. The highest BCUT2D eigenvalue weighted by Gasteiger charge is 2.18. The highest BCUT2D eigenvalue weighted by atomic mass is 16.6. The zero-order chi connectivity index (χ0) is 13.0. The molecule has 1 aromatic rings. The van der Waals surface area contributed by atoms with Crippen LogP contribution in [-0.4, -0.2) is 36.7 Å². The van der Waals surface area contributed by atoms with E-state index in [0.29, 0.717) is 31.1 Å². The summed E-state index contributed by atoms with van der Waals surface area (Å²) in [7, 11) is 0. The second-order valence-corrected chi connectivity index (χ2v) is 3.86. The Morgan fingerprint density at radius 1 is 1.39 bits per heavy atom. The number of hydrogen-bond acceptors (Lipinski definition) is 4. The van der Waals surface area contributed by atoms with Crippen molar-refractivity contribution < 1.29 is 24.2 Å². The Morgan fingerprint density at radius 2 is 2.11 bits per heavy atom. The highest BCUT2D eigenvalue weighted by molar-refractivity contribution is 5.76. The zero-order valence-corrected chi connectivity index (χ0v) is 9.59. The Bertz CT molecular complexity index is 460. The Balaban J connectivity index is 2.13. The van der Waals surface area contributed by atoms with Gasteiger partial charge in [0.15, 0.2) is 11.5 Å². The van der Waals surface area contributed by atoms with E-state index in [9.17, 15) is 9.59 Å². The van der Waals surface area contributed by atoms with Gasteiger partial charge in [0, 0.05) is 6.42 Å². The van der Waals surface area contributed by atoms with Crippen LogP contribution in [0.3, 0.4) is 0 Å². The first-order valence-electron chi connectivity index (χ1n) is 5.51. The summed E-state index contributed by atoms with van der Waals surface area (Å²) >= 11 is 0. The SMILES string of the molecule is O=CNC(Cc1ccc2c(c1)OCCO2)C(=O)O. The molecule has 0 spiro atoms. The quantitative estimate of drug-likeness (QED) is 0.730. The van der Waals surface area contributed by atoms with E-state index in [1.54, 1.807) is 18.2 Å². The first-order chi connectivity index (χ1) is 8.70. The van der Waals surface area contributed by atoms with E-state index in [1.165, 1.54) is 0 Å². The van der Waals surface area contributed by atoms with Gasteiger partial charge in [-0.2, -0.15) is 0 Å². The van der Waals surface area contributed by atoms with Gasteiger partial charge in [-0.15, -0.1) is 0 Å². The molecule has 1 unspecified atom stereocenters. The van der Waals surface area contributed by atoms with Gasteiger partial charge in [0.1, 0.15) is 19.3 Å². The third kappa shape index (κ3) is 2.71. The van der Waals surface area contributed by atoms with Crippen molar-refractivity contribution in [1.29, 1.82) is 0 Å². The van der Waals surface area contributed by atoms with Crippen molar-refractivity contribution in [2.45, 2.75) is 12.5 Å². The lowest BCUT2D eigenvalue weighted by Crippen LogP contribution is -2.37. The third-order valence-electron chi connectivity index (χ3n) is 2.61. The van der Waals surface area contributed by atoms with Crippen LogP contribution in [0.2, 0.25) is 0 Å². The number of aliphatic carboxylic acids is 1. The first-order valence-corrected chi connectivity index (χ1v) is 5.51. The van der Waals surface area contributed by atoms with Gasteiger partial charge in [-0.05, 0) is 17.7 Å². The van der Waals surface area contributed by atoms with Gasteiger partial charge in [0.05, 0.1) is 0 Å². The molecule has 6 nitrogen and oxygen atoms in total. The van der Waals surface area contributed by atoms with Crippen molar-refractivity contribution in [2.75, 3.05) is 13.2 Å². The molecule has 96 valence electrons. The van der Waals surface area contributed by atoms with Gasteiger partial charge in [-0.1, -0.05) is 6.07 Å². The average molecular weight is 251 g/mol. The van der Waals surface area contributed by atoms with Crippen LogP contribution in [0, 0.1) is 0 Å². The summed E-state index contributed by atoms with van der Waals surface area (Å²) in [6.45, 7) is 0.988. The number of carbonyl (C=O) groups excluding carboxylic acids is 1. The summed E-state index contributed by atoms with van der Waals surface area (Å²) in [4.78, 5) is 21.2. The second kappa shape index (κ2) is 5.39. The topological polar surface area (TPSA) is 84.9 Å². The van der Waals surface area contributed by atoms with Crippen molar-refractivity contribution in [2.24, 2.45) is 0 Å². The molecule has 0 bridgehead atoms. The molecule has 2 rings (SSSR count). The molecule has 0 saturated carbocycles. The smallest absolute Gasteiger partial charge is 0.326 e. The molecule has 0 saturated heterocycles. The fourth-order valence-corrected chi connectivity index (χ4v) is 1.75. The number of ether oxygens (including phenoxy) is 2. The van der Waals surface area contributed by atoms with E-state index in [0.717, 1.165) is 5.56 Å². The van der Waals surface area contributed by atoms with Gasteiger partial charge in [-0.3, -0.25) is 4.79 Å². The molecule has 1 amide bonds. The van der Waals surface area contributed by atoms with Crippen LogP contribution < -0.4 is 14.8 Å². The molecule has 18 heavy (non-hydrogen) atoms. The summed E-state index contributed by atoms with van der Waals surface area (Å²) in [6.07, 6.45) is 0.585. The minimum Gasteiger partial charge on any atom is -0.486 e. The highest BCUT2D eigenvalue weighted by Crippen LogP contribution is 2.31. The predicted octanol–water partition coefficient (Wildman–Crippen LogP) is 0.199. The Kier molecular flexibility index (Phi) is 3.66. The summed E-state index contributed by atoms with van der Waals surface area (Å²) in [5.74, 6) is 0.186. The van der Waals surface area contributed by atoms with Gasteiger partial charge >= 0.3 is 5.97 Å². The number of benzene rings is 1. The minimum atomic E-state index is -1.07. The summed E-state index contributed by atoms with van der Waals surface area (Å²) in [5, 5.41) is 11.2. The molecule has 2 N–H and O–H groups in total. The summed E-state index contributed by atoms with van der Waals surface area (Å²) in [5.41, 5.74) is 0.765. The molecule has 0 aliphatic carbocycles. The molecule has 0 fully saturated rings. The number of carbonyl (C=O) groups is 2. The lowest BCUT2D eigenvalue weighted by Gasteiger charge is -2.19. The lowest BCUT2D eigenvalue weighted by atomic mass is 10.1. The van der Waals surface area contributed by atoms with Crippen LogP contribution in [-0.2, 0) is 16.0 Å². The van der Waals surface area contributed by atoms with E-state index in [-0.39, 0.29) is 6.42 Å². The van der Waals surface area contributed by atoms with E-state index < -0.39 is 12.0 Å². The zero-order valence-electron chi connectivity index (χ0n) is 9.59. The molecular weight excluding hydrogens is 238 g/mol. The van der Waals surface area contributed by atoms with Crippen LogP contribution in [0.15, 0.2) is 18.2 Å². The number of rotatable bonds is 5. The number of nitrogens with one attached hydrogen (secondary N) is 1. The average Bonchev–Trinajstić information content (AvgIpc) is 2.38. The largest absolute Gasteiger partial charge is 0.486 e. The number of carboxylic acids is 1. The van der Waals surface area contributed by atoms with Crippen LogP contribution in [0.25, 0.3) is 0 Å². The fraction of sp³-hybridized carbons (Fsp3) is 0.333. The standard InChI is InChI=1S/C12H13NO5/c14-7-13-9(12(15)16)5-8-1-2-10-11(6-8)18-4-3-17-10/h1-2,6-7,9H,3-5H2,(H,13,14)(H,15,16). The summed E-state index contributed by atoms with van der Waals surface area (Å²) < 4.78 is 10.8. The van der Waals surface area contributed by atoms with Crippen LogP contribution >= 0.6 is 0 Å². The Labute approximate surface area is 104 Å². The molecule has 1 aliphatic rings. The molecule has 0 radical (unpaired) electrons. The number of carboxylic acid groups (broad SMARTS) is 1. The van der Waals surface area contributed by atoms with Gasteiger partial charge in [-0.25, -0.2) is 4.79 Å². The monoisotopic (exact) mass is 251 g/mol. The Hall–Kier alpha value is -2.24. The number of fused-ring (bicyclic) bond motifs is 1. The van der Waals surface area contributed by atoms with Crippen molar-refractivity contribution in [3.63, 3.8) is 0 Å². The second-order valence-electron chi connectivity index (χ2n) is 3.86. The molecule has 0 aromatic heterocycles. The molecule has 1 atom stereocenters. The lowest BCUT2D eigenvalue weighted by molar-refractivity contribution is -0.140. The minimum absolute atomic E-state index is 0.199. The van der Waals surface area contributed by atoms with Crippen molar-refractivity contribution >= 4 is 12.4 Å². The van der Waals surface area contributed by atoms with Crippen molar-refractivity contribution in [3.8, 4) is 11.5 Å². The van der Waals surface area contributed by atoms with E-state index in [4.69, 9.17) is 14.6 Å². The van der Waals surface area contributed by atoms with Gasteiger partial charge < -0.3 is 19.9 Å². The van der Waals surface area contributed by atoms with E-state index in [1.807, 2.05) is 0 Å². The maximum atomic E-state index is 10.9. The van der Waals surface area contributed by atoms with Crippen LogP contribution in [0.4, 0.5) is 0 Å². The molecule has 6 heteroatoms. The van der Waals surface area contributed by atoms with Crippen LogP contribution in [0.1, 0.15) is 5.56 Å². The molecule has 1 heterocycles. The first kappa shape index (κ1) is 12.2. The van der Waals surface area contributed by atoms with Crippen molar-refractivity contribution in [3.05, 3.63) is 23.8 Å². The van der Waals surface area contributed by atoms with Crippen LogP contribution in [0.5, 0.6) is 11.5 Å². The number of hydrogen-bond donors (Lipinski definition) is 2. The van der Waals surface area contributed by atoms with E-state index >= 15 is 0 Å². The fourth-order valence-electron chi connectivity index (χ4n) is 1.75. The third-order valence-corrected chi connectivity index (χ3v) is 2.61.